The summed E-state index contributed by atoms with van der Waals surface area (Å²) in [5.41, 5.74) is 6.47. The Morgan fingerprint density at radius 2 is 1.66 bits per heavy atom. The molecule has 0 saturated carbocycles. The first-order valence-electron chi connectivity index (χ1n) is 10.1. The van der Waals surface area contributed by atoms with Crippen molar-refractivity contribution in [2.24, 2.45) is 5.10 Å². The molecule has 3 aromatic rings. The number of ether oxygens (including phenoxy) is 1. The second kappa shape index (κ2) is 12.3. The van der Waals surface area contributed by atoms with E-state index < -0.39 is 0 Å². The molecule has 6 nitrogen and oxygen atoms in total. The van der Waals surface area contributed by atoms with Gasteiger partial charge in [0.2, 0.25) is 5.91 Å². The maximum atomic E-state index is 11.9. The van der Waals surface area contributed by atoms with E-state index >= 15 is 0 Å². The molecule has 164 valence electrons. The molecule has 0 heterocycles. The maximum absolute atomic E-state index is 11.9. The molecule has 0 aromatic heterocycles. The van der Waals surface area contributed by atoms with Crippen LogP contribution in [0.25, 0.3) is 0 Å². The van der Waals surface area contributed by atoms with Gasteiger partial charge in [0.1, 0.15) is 5.75 Å². The van der Waals surface area contributed by atoms with Crippen molar-refractivity contribution in [2.75, 3.05) is 17.7 Å². The van der Waals surface area contributed by atoms with Crippen LogP contribution in [0, 0.1) is 6.92 Å². The normalized spacial score (nSPS) is 10.7. The topological polar surface area (TPSA) is 79.8 Å². The lowest BCUT2D eigenvalue weighted by Gasteiger charge is -2.07. The number of carbonyl (C=O) groups excluding carboxylic acids is 2. The van der Waals surface area contributed by atoms with Crippen molar-refractivity contribution in [3.8, 4) is 5.75 Å². The first kappa shape index (κ1) is 23.1. The van der Waals surface area contributed by atoms with Gasteiger partial charge in [-0.25, -0.2) is 5.43 Å². The molecule has 2 amide bonds. The van der Waals surface area contributed by atoms with E-state index in [-0.39, 0.29) is 18.4 Å². The fourth-order valence-corrected chi connectivity index (χ4v) is 3.45. The van der Waals surface area contributed by atoms with E-state index in [2.05, 4.69) is 47.0 Å². The Hall–Kier alpha value is -3.58. The Bertz CT molecular complexity index is 1040. The summed E-state index contributed by atoms with van der Waals surface area (Å²) in [7, 11) is 0. The zero-order valence-electron chi connectivity index (χ0n) is 17.8. The van der Waals surface area contributed by atoms with Gasteiger partial charge >= 0.3 is 0 Å². The predicted molar refractivity (Wildman–Crippen MR) is 130 cm³/mol. The van der Waals surface area contributed by atoms with Crippen molar-refractivity contribution >= 4 is 35.5 Å². The molecule has 0 spiro atoms. The minimum absolute atomic E-state index is 0.0847. The Morgan fingerprint density at radius 1 is 0.938 bits per heavy atom. The van der Waals surface area contributed by atoms with E-state index in [1.807, 2.05) is 30.3 Å². The summed E-state index contributed by atoms with van der Waals surface area (Å²) in [6.45, 7) is 1.97. The molecular weight excluding hydrogens is 422 g/mol. The van der Waals surface area contributed by atoms with Crippen LogP contribution in [-0.4, -0.2) is 30.4 Å². The number of para-hydroxylation sites is 1. The van der Waals surface area contributed by atoms with Crippen molar-refractivity contribution < 1.29 is 14.3 Å². The largest absolute Gasteiger partial charge is 0.484 e. The van der Waals surface area contributed by atoms with Gasteiger partial charge in [0, 0.05) is 11.4 Å². The number of anilines is 1. The van der Waals surface area contributed by atoms with Gasteiger partial charge in [-0.1, -0.05) is 48.0 Å². The van der Waals surface area contributed by atoms with Crippen molar-refractivity contribution in [1.29, 1.82) is 0 Å². The molecule has 0 unspecified atom stereocenters. The summed E-state index contributed by atoms with van der Waals surface area (Å²) in [4.78, 5) is 23.8. The number of benzene rings is 3. The lowest BCUT2D eigenvalue weighted by atomic mass is 10.2. The summed E-state index contributed by atoms with van der Waals surface area (Å²) in [5, 5.41) is 6.75. The fraction of sp³-hybridized carbons (Fsp3) is 0.160. The van der Waals surface area contributed by atoms with Crippen molar-refractivity contribution in [3.63, 3.8) is 0 Å². The fourth-order valence-electron chi connectivity index (χ4n) is 2.67. The van der Waals surface area contributed by atoms with Crippen LogP contribution in [0.4, 0.5) is 5.69 Å². The molecule has 0 aliphatic carbocycles. The molecule has 0 fully saturated rings. The monoisotopic (exact) mass is 447 g/mol. The second-order valence-corrected chi connectivity index (χ2v) is 8.03. The summed E-state index contributed by atoms with van der Waals surface area (Å²) >= 11 is 1.54. The second-order valence-electron chi connectivity index (χ2n) is 7.04. The molecule has 32 heavy (non-hydrogen) atoms. The van der Waals surface area contributed by atoms with E-state index in [1.165, 1.54) is 11.1 Å². The number of thioether (sulfide) groups is 1. The van der Waals surface area contributed by atoms with Crippen LogP contribution in [0.3, 0.4) is 0 Å². The molecular formula is C25H25N3O3S. The number of rotatable bonds is 10. The smallest absolute Gasteiger partial charge is 0.262 e. The zero-order chi connectivity index (χ0) is 22.6. The minimum Gasteiger partial charge on any atom is -0.484 e. The van der Waals surface area contributed by atoms with Gasteiger partial charge in [-0.15, -0.1) is 11.8 Å². The Balaban J connectivity index is 1.34. The number of hydrazone groups is 1. The van der Waals surface area contributed by atoms with Gasteiger partial charge in [-0.3, -0.25) is 9.59 Å². The van der Waals surface area contributed by atoms with Gasteiger partial charge in [-0.2, -0.15) is 5.10 Å². The third kappa shape index (κ3) is 8.28. The minimum atomic E-state index is -0.232. The van der Waals surface area contributed by atoms with Crippen LogP contribution < -0.4 is 15.5 Å². The van der Waals surface area contributed by atoms with Crippen molar-refractivity contribution in [2.45, 2.75) is 12.7 Å². The Morgan fingerprint density at radius 3 is 2.38 bits per heavy atom. The van der Waals surface area contributed by atoms with Gasteiger partial charge in [-0.05, 0) is 54.4 Å². The van der Waals surface area contributed by atoms with E-state index in [9.17, 15) is 9.59 Å². The van der Waals surface area contributed by atoms with Gasteiger partial charge in [0.25, 0.3) is 5.91 Å². The quantitative estimate of drug-likeness (QED) is 0.357. The van der Waals surface area contributed by atoms with Crippen LogP contribution in [0.2, 0.25) is 0 Å². The highest BCUT2D eigenvalue weighted by Gasteiger charge is 2.04. The molecule has 7 heteroatoms. The van der Waals surface area contributed by atoms with E-state index in [1.54, 1.807) is 42.2 Å². The summed E-state index contributed by atoms with van der Waals surface area (Å²) < 4.78 is 5.50. The van der Waals surface area contributed by atoms with Crippen molar-refractivity contribution in [3.05, 3.63) is 95.6 Å². The number of aryl methyl sites for hydroxylation is 1. The number of nitrogens with zero attached hydrogens (tertiary/aromatic N) is 1. The third-order valence-electron chi connectivity index (χ3n) is 4.33. The number of carbonyl (C=O) groups is 2. The summed E-state index contributed by atoms with van der Waals surface area (Å²) in [6.07, 6.45) is 1.56. The highest BCUT2D eigenvalue weighted by atomic mass is 32.2. The van der Waals surface area contributed by atoms with E-state index in [0.29, 0.717) is 11.5 Å². The highest BCUT2D eigenvalue weighted by molar-refractivity contribution is 7.99. The van der Waals surface area contributed by atoms with Crippen molar-refractivity contribution in [1.82, 2.24) is 5.43 Å². The molecule has 0 bridgehead atoms. The summed E-state index contributed by atoms with van der Waals surface area (Å²) in [5.74, 6) is 1.31. The van der Waals surface area contributed by atoms with Gasteiger partial charge < -0.3 is 10.1 Å². The van der Waals surface area contributed by atoms with E-state index in [4.69, 9.17) is 4.74 Å². The number of hydrogen-bond acceptors (Lipinski definition) is 5. The van der Waals surface area contributed by atoms with Gasteiger partial charge in [0.05, 0.1) is 12.0 Å². The standard InChI is InChI=1S/C25H25N3O3S/c1-19-7-9-21(10-8-19)17-32-18-25(30)28-26-15-20-11-13-23(14-12-20)31-16-24(29)27-22-5-3-2-4-6-22/h2-15H,16-18H2,1H3,(H,27,29)(H,28,30)/b26-15-. The molecule has 3 aromatic carbocycles. The molecule has 2 N–H and O–H groups in total. The molecule has 0 atom stereocenters. The van der Waals surface area contributed by atoms with Crippen LogP contribution in [0.5, 0.6) is 5.75 Å². The maximum Gasteiger partial charge on any atom is 0.262 e. The molecule has 3 rings (SSSR count). The summed E-state index contributed by atoms with van der Waals surface area (Å²) in [6, 6.07) is 24.6. The lowest BCUT2D eigenvalue weighted by molar-refractivity contribution is -0.119. The third-order valence-corrected chi connectivity index (χ3v) is 5.34. The lowest BCUT2D eigenvalue weighted by Crippen LogP contribution is -2.20. The first-order valence-corrected chi connectivity index (χ1v) is 11.3. The Labute approximate surface area is 192 Å². The molecule has 0 radical (unpaired) electrons. The van der Waals surface area contributed by atoms with E-state index in [0.717, 1.165) is 17.0 Å². The average Bonchev–Trinajstić information content (AvgIpc) is 2.80. The SMILES string of the molecule is Cc1ccc(CSCC(=O)N/N=C\c2ccc(OCC(=O)Nc3ccccc3)cc2)cc1. The van der Waals surface area contributed by atoms with Crippen LogP contribution in [-0.2, 0) is 15.3 Å². The van der Waals surface area contributed by atoms with Crippen LogP contribution >= 0.6 is 11.8 Å². The van der Waals surface area contributed by atoms with Gasteiger partial charge in [0.15, 0.2) is 6.61 Å². The molecule has 0 saturated heterocycles. The first-order chi connectivity index (χ1) is 15.6. The number of hydrogen-bond donors (Lipinski definition) is 2. The van der Waals surface area contributed by atoms with Crippen LogP contribution in [0.1, 0.15) is 16.7 Å². The molecule has 0 aliphatic rings. The number of amides is 2. The highest BCUT2D eigenvalue weighted by Crippen LogP contribution is 2.13. The predicted octanol–water partition coefficient (Wildman–Crippen LogP) is 4.40. The van der Waals surface area contributed by atoms with Crippen LogP contribution in [0.15, 0.2) is 84.0 Å². The average molecular weight is 448 g/mol. The molecule has 0 aliphatic heterocycles. The zero-order valence-corrected chi connectivity index (χ0v) is 18.6. The Kier molecular flexibility index (Phi) is 8.89. The number of nitrogens with one attached hydrogen (secondary N) is 2.